The van der Waals surface area contributed by atoms with Crippen LogP contribution in [0.25, 0.3) is 0 Å². The normalized spacial score (nSPS) is 19.8. The third-order valence-corrected chi connectivity index (χ3v) is 3.18. The molecule has 1 amide bonds. The van der Waals surface area contributed by atoms with Crippen molar-refractivity contribution in [2.75, 3.05) is 18.0 Å². The number of amides is 1. The highest BCUT2D eigenvalue weighted by molar-refractivity contribution is 5.77. The molecular weight excluding hydrogens is 238 g/mol. The Hall–Kier alpha value is -2.12. The van der Waals surface area contributed by atoms with E-state index >= 15 is 0 Å². The summed E-state index contributed by atoms with van der Waals surface area (Å²) in [6.45, 7) is 1.08. The molecule has 1 atom stereocenters. The van der Waals surface area contributed by atoms with Gasteiger partial charge in [0.2, 0.25) is 18.1 Å². The zero-order valence-corrected chi connectivity index (χ0v) is 10.1. The number of nitrogens with zero attached hydrogens (tertiary/aromatic N) is 4. The minimum absolute atomic E-state index is 0.178. The highest BCUT2D eigenvalue weighted by Gasteiger charge is 2.31. The van der Waals surface area contributed by atoms with Gasteiger partial charge in [-0.3, -0.25) is 9.36 Å². The first-order chi connectivity index (χ1) is 8.50. The number of rotatable bonds is 3. The van der Waals surface area contributed by atoms with Crippen molar-refractivity contribution in [3.05, 3.63) is 16.4 Å². The largest absolute Gasteiger partial charge is 0.406 e. The number of aryl methyl sites for hydroxylation is 1. The number of nitro groups is 1. The molecule has 0 aliphatic carbocycles. The molecule has 1 aliphatic heterocycles. The van der Waals surface area contributed by atoms with E-state index in [1.54, 1.807) is 11.6 Å². The van der Waals surface area contributed by atoms with Crippen molar-refractivity contribution >= 4 is 17.5 Å². The average Bonchev–Trinajstić information content (AvgIpc) is 2.71. The molecular formula is C10H15N5O3. The lowest BCUT2D eigenvalue weighted by atomic mass is 9.97. The fourth-order valence-corrected chi connectivity index (χ4v) is 2.31. The summed E-state index contributed by atoms with van der Waals surface area (Å²) in [5, 5.41) is 10.9. The van der Waals surface area contributed by atoms with Gasteiger partial charge in [-0.2, -0.15) is 0 Å². The number of carbonyl (C=O) groups excluding carboxylic acids is 1. The Kier molecular flexibility index (Phi) is 3.17. The van der Waals surface area contributed by atoms with Crippen LogP contribution in [0.3, 0.4) is 0 Å². The molecule has 1 unspecified atom stereocenters. The molecule has 1 aromatic heterocycles. The Bertz CT molecular complexity index is 484. The Balaban J connectivity index is 2.28. The summed E-state index contributed by atoms with van der Waals surface area (Å²) in [6, 6.07) is 0. The van der Waals surface area contributed by atoms with E-state index in [1.807, 2.05) is 4.90 Å². The summed E-state index contributed by atoms with van der Waals surface area (Å²) < 4.78 is 1.60. The molecule has 2 N–H and O–H groups in total. The van der Waals surface area contributed by atoms with E-state index in [4.69, 9.17) is 5.73 Å². The first-order valence-electron chi connectivity index (χ1n) is 5.70. The summed E-state index contributed by atoms with van der Waals surface area (Å²) in [5.74, 6) is -0.355. The molecule has 0 radical (unpaired) electrons. The van der Waals surface area contributed by atoms with E-state index in [-0.39, 0.29) is 17.6 Å². The second kappa shape index (κ2) is 4.63. The monoisotopic (exact) mass is 253 g/mol. The van der Waals surface area contributed by atoms with Gasteiger partial charge in [0, 0.05) is 20.1 Å². The number of anilines is 1. The maximum Gasteiger partial charge on any atom is 0.406 e. The standard InChI is InChI=1S/C10H15N5O3/c1-13-6-12-9(15(17)18)10(13)14-4-2-3-7(5-14)8(11)16/h6-7H,2-5H2,1H3,(H2,11,16). The lowest BCUT2D eigenvalue weighted by Crippen LogP contribution is -2.42. The zero-order chi connectivity index (χ0) is 13.3. The van der Waals surface area contributed by atoms with Crippen LogP contribution >= 0.6 is 0 Å². The molecule has 0 spiro atoms. The lowest BCUT2D eigenvalue weighted by molar-refractivity contribution is -0.388. The highest BCUT2D eigenvalue weighted by Crippen LogP contribution is 2.29. The fourth-order valence-electron chi connectivity index (χ4n) is 2.31. The van der Waals surface area contributed by atoms with Gasteiger partial charge in [0.25, 0.3) is 0 Å². The van der Waals surface area contributed by atoms with Crippen LogP contribution in [-0.2, 0) is 11.8 Å². The topological polar surface area (TPSA) is 107 Å². The Morgan fingerprint density at radius 3 is 3.00 bits per heavy atom. The number of hydrogen-bond donors (Lipinski definition) is 1. The molecule has 8 heteroatoms. The van der Waals surface area contributed by atoms with Crippen LogP contribution in [0.5, 0.6) is 0 Å². The number of piperidine rings is 1. The zero-order valence-electron chi connectivity index (χ0n) is 10.1. The Morgan fingerprint density at radius 2 is 2.39 bits per heavy atom. The van der Waals surface area contributed by atoms with E-state index in [2.05, 4.69) is 4.98 Å². The summed E-state index contributed by atoms with van der Waals surface area (Å²) in [5.41, 5.74) is 5.30. The van der Waals surface area contributed by atoms with Crippen molar-refractivity contribution in [3.63, 3.8) is 0 Å². The summed E-state index contributed by atoms with van der Waals surface area (Å²) in [4.78, 5) is 27.2. The van der Waals surface area contributed by atoms with Gasteiger partial charge < -0.3 is 20.7 Å². The molecule has 0 bridgehead atoms. The van der Waals surface area contributed by atoms with Gasteiger partial charge in [-0.05, 0) is 22.7 Å². The van der Waals surface area contributed by atoms with E-state index in [0.717, 1.165) is 12.8 Å². The molecule has 8 nitrogen and oxygen atoms in total. The van der Waals surface area contributed by atoms with Gasteiger partial charge in [0.15, 0.2) is 0 Å². The minimum Gasteiger partial charge on any atom is -0.369 e. The van der Waals surface area contributed by atoms with E-state index in [9.17, 15) is 14.9 Å². The van der Waals surface area contributed by atoms with Gasteiger partial charge in [-0.25, -0.2) is 0 Å². The highest BCUT2D eigenvalue weighted by atomic mass is 16.6. The first kappa shape index (κ1) is 12.3. The number of imidazole rings is 1. The van der Waals surface area contributed by atoms with Crippen LogP contribution in [0.1, 0.15) is 12.8 Å². The van der Waals surface area contributed by atoms with Gasteiger partial charge >= 0.3 is 5.82 Å². The molecule has 18 heavy (non-hydrogen) atoms. The van der Waals surface area contributed by atoms with Gasteiger partial charge in [0.1, 0.15) is 0 Å². The van der Waals surface area contributed by atoms with Crippen LogP contribution < -0.4 is 10.6 Å². The summed E-state index contributed by atoms with van der Waals surface area (Å²) in [6.07, 6.45) is 2.93. The second-order valence-electron chi connectivity index (χ2n) is 4.45. The van der Waals surface area contributed by atoms with E-state index in [1.165, 1.54) is 6.33 Å². The van der Waals surface area contributed by atoms with Crippen LogP contribution in [0.15, 0.2) is 6.33 Å². The van der Waals surface area contributed by atoms with Crippen LogP contribution in [0.2, 0.25) is 0 Å². The fraction of sp³-hybridized carbons (Fsp3) is 0.600. The van der Waals surface area contributed by atoms with Crippen molar-refractivity contribution in [2.45, 2.75) is 12.8 Å². The van der Waals surface area contributed by atoms with Crippen LogP contribution in [0, 0.1) is 16.0 Å². The van der Waals surface area contributed by atoms with Gasteiger partial charge in [0.05, 0.1) is 5.92 Å². The SMILES string of the molecule is Cn1cnc([N+](=O)[O-])c1N1CCCC(C(N)=O)C1. The number of aromatic nitrogens is 2. The Morgan fingerprint density at radius 1 is 1.67 bits per heavy atom. The number of hydrogen-bond acceptors (Lipinski definition) is 5. The maximum atomic E-state index is 11.2. The van der Waals surface area contributed by atoms with Crippen molar-refractivity contribution in [1.29, 1.82) is 0 Å². The summed E-state index contributed by atoms with van der Waals surface area (Å²) >= 11 is 0. The predicted octanol–water partition coefficient (Wildman–Crippen LogP) is 0.0300. The van der Waals surface area contributed by atoms with Crippen molar-refractivity contribution in [1.82, 2.24) is 9.55 Å². The van der Waals surface area contributed by atoms with Gasteiger partial charge in [-0.15, -0.1) is 0 Å². The number of carbonyl (C=O) groups is 1. The van der Waals surface area contributed by atoms with E-state index in [0.29, 0.717) is 18.9 Å². The molecule has 2 heterocycles. The quantitative estimate of drug-likeness (QED) is 0.604. The van der Waals surface area contributed by atoms with Crippen molar-refractivity contribution in [2.24, 2.45) is 18.7 Å². The van der Waals surface area contributed by atoms with E-state index < -0.39 is 4.92 Å². The predicted molar refractivity (Wildman–Crippen MR) is 64.0 cm³/mol. The van der Waals surface area contributed by atoms with Crippen molar-refractivity contribution < 1.29 is 9.72 Å². The maximum absolute atomic E-state index is 11.2. The van der Waals surface area contributed by atoms with Gasteiger partial charge in [-0.1, -0.05) is 0 Å². The number of primary amides is 1. The molecule has 1 aliphatic rings. The smallest absolute Gasteiger partial charge is 0.369 e. The molecule has 0 saturated carbocycles. The first-order valence-corrected chi connectivity index (χ1v) is 5.70. The minimum atomic E-state index is -0.511. The van der Waals surface area contributed by atoms with Crippen molar-refractivity contribution in [3.8, 4) is 0 Å². The Labute approximate surface area is 104 Å². The summed E-state index contributed by atoms with van der Waals surface area (Å²) in [7, 11) is 1.70. The molecule has 98 valence electrons. The molecule has 0 aromatic carbocycles. The molecule has 1 saturated heterocycles. The molecule has 1 aromatic rings. The van der Waals surface area contributed by atoms with Crippen LogP contribution in [-0.4, -0.2) is 33.5 Å². The van der Waals surface area contributed by atoms with Crippen LogP contribution in [0.4, 0.5) is 11.6 Å². The third-order valence-electron chi connectivity index (χ3n) is 3.18. The molecule has 1 fully saturated rings. The third kappa shape index (κ3) is 2.13. The average molecular weight is 253 g/mol. The number of nitrogens with two attached hydrogens (primary N) is 1. The molecule has 2 rings (SSSR count). The lowest BCUT2D eigenvalue weighted by Gasteiger charge is -2.31. The second-order valence-corrected chi connectivity index (χ2v) is 4.45.